The molecule has 0 radical (unpaired) electrons. The third kappa shape index (κ3) is 4.41. The molecule has 3 fully saturated rings. The summed E-state index contributed by atoms with van der Waals surface area (Å²) in [5.74, 6) is 1.08. The van der Waals surface area contributed by atoms with Gasteiger partial charge in [0.2, 0.25) is 5.91 Å². The standard InChI is InChI=1S/C24H32N2O5/c1-14(19-11-16-8-9-17(19)10-16)25-23(28)15(2)31-24(29)18-12-22(27)26(13-18)20-6-4-5-7-21(20)30-3/h4-7,14-19H,8-13H2,1-3H3,(H,25,28)/t14-,15-,16+,17+,18-,19-/m0/s1. The minimum Gasteiger partial charge on any atom is -0.495 e. The van der Waals surface area contributed by atoms with Gasteiger partial charge in [-0.2, -0.15) is 0 Å². The molecule has 7 heteroatoms. The summed E-state index contributed by atoms with van der Waals surface area (Å²) in [6.07, 6.45) is 4.23. The van der Waals surface area contributed by atoms with E-state index in [1.807, 2.05) is 12.1 Å². The largest absolute Gasteiger partial charge is 0.495 e. The zero-order chi connectivity index (χ0) is 22.1. The SMILES string of the molecule is COc1ccccc1N1C[C@@H](C(=O)O[C@@H](C)C(=O)N[C@@H](C)[C@@H]2C[C@@H]3CC[C@@H]2C3)CC1=O. The number of methoxy groups -OCH3 is 1. The van der Waals surface area contributed by atoms with E-state index in [0.29, 0.717) is 23.3 Å². The first-order valence-corrected chi connectivity index (χ1v) is 11.3. The first kappa shape index (κ1) is 21.7. The van der Waals surface area contributed by atoms with Crippen LogP contribution in [-0.4, -0.2) is 43.6 Å². The zero-order valence-corrected chi connectivity index (χ0v) is 18.5. The summed E-state index contributed by atoms with van der Waals surface area (Å²) in [5, 5.41) is 3.05. The maximum atomic E-state index is 12.7. The van der Waals surface area contributed by atoms with Crippen molar-refractivity contribution in [1.29, 1.82) is 0 Å². The summed E-state index contributed by atoms with van der Waals surface area (Å²) in [7, 11) is 1.54. The fourth-order valence-electron chi connectivity index (χ4n) is 5.63. The number of carbonyl (C=O) groups is 3. The lowest BCUT2D eigenvalue weighted by molar-refractivity contribution is -0.158. The van der Waals surface area contributed by atoms with Gasteiger partial charge < -0.3 is 19.7 Å². The number of nitrogens with zero attached hydrogens (tertiary/aromatic N) is 1. The number of fused-ring (bicyclic) bond motifs is 2. The van der Waals surface area contributed by atoms with Crippen LogP contribution in [0.4, 0.5) is 5.69 Å². The lowest BCUT2D eigenvalue weighted by Crippen LogP contribution is -2.45. The summed E-state index contributed by atoms with van der Waals surface area (Å²) in [6, 6.07) is 7.29. The highest BCUT2D eigenvalue weighted by Gasteiger charge is 2.43. The second-order valence-corrected chi connectivity index (χ2v) is 9.29. The second-order valence-electron chi connectivity index (χ2n) is 9.29. The van der Waals surface area contributed by atoms with E-state index >= 15 is 0 Å². The fraction of sp³-hybridized carbons (Fsp3) is 0.625. The Morgan fingerprint density at radius 2 is 1.94 bits per heavy atom. The molecule has 0 unspecified atom stereocenters. The molecular formula is C24H32N2O5. The smallest absolute Gasteiger partial charge is 0.312 e. The molecule has 2 bridgehead atoms. The number of hydrogen-bond acceptors (Lipinski definition) is 5. The van der Waals surface area contributed by atoms with E-state index in [-0.39, 0.29) is 30.8 Å². The molecule has 1 N–H and O–H groups in total. The van der Waals surface area contributed by atoms with Crippen molar-refractivity contribution in [3.63, 3.8) is 0 Å². The Kier molecular flexibility index (Phi) is 6.21. The van der Waals surface area contributed by atoms with Crippen molar-refractivity contribution in [2.45, 2.75) is 58.1 Å². The number of ether oxygens (including phenoxy) is 2. The Bertz CT molecular complexity index is 856. The third-order valence-corrected chi connectivity index (χ3v) is 7.30. The lowest BCUT2D eigenvalue weighted by atomic mass is 9.84. The minimum atomic E-state index is -0.885. The fourth-order valence-corrected chi connectivity index (χ4v) is 5.63. The number of carbonyl (C=O) groups excluding carboxylic acids is 3. The van der Waals surface area contributed by atoms with Gasteiger partial charge in [-0.15, -0.1) is 0 Å². The van der Waals surface area contributed by atoms with Crippen molar-refractivity contribution in [1.82, 2.24) is 5.32 Å². The quantitative estimate of drug-likeness (QED) is 0.675. The van der Waals surface area contributed by atoms with Crippen LogP contribution in [0, 0.1) is 23.7 Å². The van der Waals surface area contributed by atoms with Crippen molar-refractivity contribution >= 4 is 23.5 Å². The molecule has 7 nitrogen and oxygen atoms in total. The number of para-hydroxylation sites is 2. The summed E-state index contributed by atoms with van der Waals surface area (Å²) < 4.78 is 10.8. The van der Waals surface area contributed by atoms with Crippen molar-refractivity contribution in [3.05, 3.63) is 24.3 Å². The van der Waals surface area contributed by atoms with E-state index in [9.17, 15) is 14.4 Å². The Morgan fingerprint density at radius 3 is 2.61 bits per heavy atom. The average molecular weight is 429 g/mol. The van der Waals surface area contributed by atoms with E-state index < -0.39 is 18.0 Å². The highest BCUT2D eigenvalue weighted by Crippen LogP contribution is 2.49. The van der Waals surface area contributed by atoms with Gasteiger partial charge in [0, 0.05) is 19.0 Å². The Labute approximate surface area is 183 Å². The molecule has 3 aliphatic rings. The molecule has 1 aromatic carbocycles. The van der Waals surface area contributed by atoms with Crippen molar-refractivity contribution < 1.29 is 23.9 Å². The number of nitrogens with one attached hydrogen (secondary N) is 1. The van der Waals surface area contributed by atoms with Gasteiger partial charge in [-0.1, -0.05) is 18.6 Å². The molecule has 2 amide bonds. The summed E-state index contributed by atoms with van der Waals surface area (Å²) in [6.45, 7) is 3.86. The predicted molar refractivity (Wildman–Crippen MR) is 116 cm³/mol. The van der Waals surface area contributed by atoms with Crippen LogP contribution in [0.5, 0.6) is 5.75 Å². The zero-order valence-electron chi connectivity index (χ0n) is 18.5. The van der Waals surface area contributed by atoms with Crippen LogP contribution in [0.1, 0.15) is 46.0 Å². The summed E-state index contributed by atoms with van der Waals surface area (Å²) in [5.41, 5.74) is 0.635. The van der Waals surface area contributed by atoms with Gasteiger partial charge in [0.05, 0.1) is 18.7 Å². The Balaban J connectivity index is 1.30. The molecule has 4 rings (SSSR count). The maximum Gasteiger partial charge on any atom is 0.312 e. The normalized spacial score (nSPS) is 29.0. The van der Waals surface area contributed by atoms with Gasteiger partial charge in [-0.05, 0) is 63.0 Å². The first-order valence-electron chi connectivity index (χ1n) is 11.3. The Morgan fingerprint density at radius 1 is 1.16 bits per heavy atom. The molecule has 0 aromatic heterocycles. The molecule has 2 aliphatic carbocycles. The van der Waals surface area contributed by atoms with Crippen LogP contribution in [0.15, 0.2) is 24.3 Å². The number of benzene rings is 1. The first-order chi connectivity index (χ1) is 14.9. The van der Waals surface area contributed by atoms with E-state index in [1.165, 1.54) is 25.7 Å². The van der Waals surface area contributed by atoms with Crippen molar-refractivity contribution in [2.24, 2.45) is 23.7 Å². The van der Waals surface area contributed by atoms with Gasteiger partial charge in [0.1, 0.15) is 5.75 Å². The maximum absolute atomic E-state index is 12.7. The number of anilines is 1. The Hall–Kier alpha value is -2.57. The molecule has 1 aliphatic heterocycles. The molecule has 6 atom stereocenters. The number of rotatable bonds is 7. The summed E-state index contributed by atoms with van der Waals surface area (Å²) >= 11 is 0. The van der Waals surface area contributed by atoms with Crippen LogP contribution in [0.25, 0.3) is 0 Å². The summed E-state index contributed by atoms with van der Waals surface area (Å²) in [4.78, 5) is 39.4. The van der Waals surface area contributed by atoms with Gasteiger partial charge in [0.15, 0.2) is 6.10 Å². The van der Waals surface area contributed by atoms with E-state index in [4.69, 9.17) is 9.47 Å². The molecule has 1 aromatic rings. The van der Waals surface area contributed by atoms with E-state index in [1.54, 1.807) is 31.1 Å². The lowest BCUT2D eigenvalue weighted by Gasteiger charge is -2.29. The minimum absolute atomic E-state index is 0.0623. The van der Waals surface area contributed by atoms with Crippen molar-refractivity contribution in [3.8, 4) is 5.75 Å². The number of esters is 1. The third-order valence-electron chi connectivity index (χ3n) is 7.30. The van der Waals surface area contributed by atoms with Gasteiger partial charge in [-0.3, -0.25) is 14.4 Å². The highest BCUT2D eigenvalue weighted by atomic mass is 16.5. The monoisotopic (exact) mass is 428 g/mol. The van der Waals surface area contributed by atoms with E-state index in [0.717, 1.165) is 5.92 Å². The van der Waals surface area contributed by atoms with Gasteiger partial charge >= 0.3 is 5.97 Å². The van der Waals surface area contributed by atoms with Crippen molar-refractivity contribution in [2.75, 3.05) is 18.6 Å². The van der Waals surface area contributed by atoms with Crippen LogP contribution in [-0.2, 0) is 19.1 Å². The molecular weight excluding hydrogens is 396 g/mol. The van der Waals surface area contributed by atoms with Gasteiger partial charge in [-0.25, -0.2) is 0 Å². The molecule has 1 saturated heterocycles. The predicted octanol–water partition coefficient (Wildman–Crippen LogP) is 2.92. The van der Waals surface area contributed by atoms with Crippen LogP contribution in [0.2, 0.25) is 0 Å². The molecule has 31 heavy (non-hydrogen) atoms. The topological polar surface area (TPSA) is 84.9 Å². The second kappa shape index (κ2) is 8.89. The van der Waals surface area contributed by atoms with Gasteiger partial charge in [0.25, 0.3) is 5.91 Å². The van der Waals surface area contributed by atoms with Crippen LogP contribution < -0.4 is 15.0 Å². The van der Waals surface area contributed by atoms with E-state index in [2.05, 4.69) is 12.2 Å². The number of amides is 2. The average Bonchev–Trinajstić information content (AvgIpc) is 3.49. The van der Waals surface area contributed by atoms with Crippen LogP contribution >= 0.6 is 0 Å². The molecule has 2 saturated carbocycles. The van der Waals surface area contributed by atoms with Crippen LogP contribution in [0.3, 0.4) is 0 Å². The number of hydrogen-bond donors (Lipinski definition) is 1. The highest BCUT2D eigenvalue weighted by molar-refractivity contribution is 6.00. The molecule has 168 valence electrons. The molecule has 1 heterocycles. The molecule has 0 spiro atoms.